The average molecular weight is 386 g/mol. The van der Waals surface area contributed by atoms with Gasteiger partial charge in [-0.15, -0.1) is 28.3 Å². The second-order valence-corrected chi connectivity index (χ2v) is 6.37. The van der Waals surface area contributed by atoms with Crippen LogP contribution in [-0.2, 0) is 4.79 Å². The number of amides is 1. The number of likely N-dealkylation sites (tertiary alicyclic amines) is 1. The summed E-state index contributed by atoms with van der Waals surface area (Å²) in [6.07, 6.45) is 6.02. The van der Waals surface area contributed by atoms with E-state index in [1.165, 1.54) is 11.3 Å². The summed E-state index contributed by atoms with van der Waals surface area (Å²) in [6.45, 7) is 3.15. The normalized spacial score (nSPS) is 17.0. The number of Topliss-reactive ketones (excluding diaryl/α,β-unsaturated/α-hetero) is 1. The van der Waals surface area contributed by atoms with Crippen LogP contribution >= 0.6 is 28.3 Å². The van der Waals surface area contributed by atoms with Gasteiger partial charge in [-0.2, -0.15) is 0 Å². The van der Waals surface area contributed by atoms with E-state index in [0.717, 1.165) is 30.8 Å². The minimum Gasteiger partial charge on any atom is -0.351 e. The van der Waals surface area contributed by atoms with E-state index in [-0.39, 0.29) is 28.7 Å². The summed E-state index contributed by atoms with van der Waals surface area (Å²) in [6, 6.07) is 3.74. The first kappa shape index (κ1) is 17.0. The summed E-state index contributed by atoms with van der Waals surface area (Å²) >= 11 is 1.47. The van der Waals surface area contributed by atoms with Crippen LogP contribution in [0.4, 0.5) is 0 Å². The van der Waals surface area contributed by atoms with E-state index >= 15 is 0 Å². The molecule has 120 valence electrons. The van der Waals surface area contributed by atoms with E-state index in [9.17, 15) is 9.59 Å². The molecule has 1 aromatic rings. The molecular formula is C15H20BrN3O2S. The molecule has 1 saturated heterocycles. The molecule has 0 spiro atoms. The minimum atomic E-state index is 0. The van der Waals surface area contributed by atoms with Crippen LogP contribution in [0.5, 0.6) is 0 Å². The third-order valence-corrected chi connectivity index (χ3v) is 4.70. The van der Waals surface area contributed by atoms with Crippen molar-refractivity contribution in [2.75, 3.05) is 32.8 Å². The standard InChI is InChI=1S/C15H19N3O2S.BrH/c19-13(14-4-3-9-21-14)10-16-7-8-17(12-16)11-15(20)18-5-1-2-6-18;/h3-4,7-9H,1-2,5-6,10-12H2;1H. The van der Waals surface area contributed by atoms with Gasteiger partial charge in [0.15, 0.2) is 5.78 Å². The highest BCUT2D eigenvalue weighted by Crippen LogP contribution is 2.14. The van der Waals surface area contributed by atoms with Gasteiger partial charge in [-0.25, -0.2) is 0 Å². The zero-order valence-electron chi connectivity index (χ0n) is 12.3. The summed E-state index contributed by atoms with van der Waals surface area (Å²) < 4.78 is 0. The Bertz CT molecular complexity index is 541. The van der Waals surface area contributed by atoms with Gasteiger partial charge in [0, 0.05) is 25.5 Å². The minimum absolute atomic E-state index is 0. The first-order valence-electron chi connectivity index (χ1n) is 7.23. The van der Waals surface area contributed by atoms with Gasteiger partial charge in [-0.05, 0) is 24.3 Å². The van der Waals surface area contributed by atoms with Crippen LogP contribution in [0.3, 0.4) is 0 Å². The number of carbonyl (C=O) groups excluding carboxylic acids is 2. The van der Waals surface area contributed by atoms with Crippen LogP contribution in [0.25, 0.3) is 0 Å². The van der Waals surface area contributed by atoms with Crippen molar-refractivity contribution in [3.63, 3.8) is 0 Å². The third-order valence-electron chi connectivity index (χ3n) is 3.79. The molecule has 0 atom stereocenters. The Morgan fingerprint density at radius 1 is 1.09 bits per heavy atom. The van der Waals surface area contributed by atoms with Crippen LogP contribution in [-0.4, -0.2) is 59.2 Å². The second-order valence-electron chi connectivity index (χ2n) is 5.42. The van der Waals surface area contributed by atoms with Crippen molar-refractivity contribution in [2.24, 2.45) is 0 Å². The number of nitrogens with zero attached hydrogens (tertiary/aromatic N) is 3. The van der Waals surface area contributed by atoms with E-state index in [2.05, 4.69) is 0 Å². The van der Waals surface area contributed by atoms with Gasteiger partial charge in [0.05, 0.1) is 24.6 Å². The lowest BCUT2D eigenvalue weighted by atomic mass is 10.3. The first-order valence-corrected chi connectivity index (χ1v) is 8.11. The maximum atomic E-state index is 12.1. The van der Waals surface area contributed by atoms with Gasteiger partial charge in [0.2, 0.25) is 5.91 Å². The molecule has 1 fully saturated rings. The predicted octanol–water partition coefficient (Wildman–Crippen LogP) is 2.18. The highest BCUT2D eigenvalue weighted by molar-refractivity contribution is 8.93. The summed E-state index contributed by atoms with van der Waals surface area (Å²) in [7, 11) is 0. The molecule has 0 aliphatic carbocycles. The molecule has 5 nitrogen and oxygen atoms in total. The maximum absolute atomic E-state index is 12.1. The van der Waals surface area contributed by atoms with Crippen molar-refractivity contribution in [1.82, 2.24) is 14.7 Å². The molecule has 3 rings (SSSR count). The van der Waals surface area contributed by atoms with E-state index < -0.39 is 0 Å². The number of ketones is 1. The van der Waals surface area contributed by atoms with Crippen LogP contribution in [0.1, 0.15) is 22.5 Å². The molecule has 0 radical (unpaired) electrons. The topological polar surface area (TPSA) is 43.9 Å². The van der Waals surface area contributed by atoms with Gasteiger partial charge in [-0.3, -0.25) is 9.59 Å². The first-order chi connectivity index (χ1) is 10.2. The van der Waals surface area contributed by atoms with Crippen molar-refractivity contribution in [1.29, 1.82) is 0 Å². The van der Waals surface area contributed by atoms with Gasteiger partial charge < -0.3 is 14.7 Å². The molecule has 7 heteroatoms. The molecule has 22 heavy (non-hydrogen) atoms. The Kier molecular flexibility index (Phi) is 6.02. The molecule has 0 unspecified atom stereocenters. The number of halogens is 1. The van der Waals surface area contributed by atoms with Crippen molar-refractivity contribution in [3.05, 3.63) is 34.8 Å². The van der Waals surface area contributed by atoms with E-state index in [0.29, 0.717) is 19.8 Å². The van der Waals surface area contributed by atoms with Gasteiger partial charge in [-0.1, -0.05) is 6.07 Å². The smallest absolute Gasteiger partial charge is 0.242 e. The molecule has 2 aliphatic heterocycles. The zero-order chi connectivity index (χ0) is 14.7. The highest BCUT2D eigenvalue weighted by atomic mass is 79.9. The van der Waals surface area contributed by atoms with Crippen molar-refractivity contribution < 1.29 is 9.59 Å². The molecular weight excluding hydrogens is 366 g/mol. The second kappa shape index (κ2) is 7.78. The Balaban J connectivity index is 0.00000176. The molecule has 1 aromatic heterocycles. The molecule has 0 N–H and O–H groups in total. The largest absolute Gasteiger partial charge is 0.351 e. The Morgan fingerprint density at radius 2 is 1.77 bits per heavy atom. The number of hydrogen-bond donors (Lipinski definition) is 0. The number of thiophene rings is 1. The molecule has 2 aliphatic rings. The fourth-order valence-corrected chi connectivity index (χ4v) is 3.32. The lowest BCUT2D eigenvalue weighted by molar-refractivity contribution is -0.130. The van der Waals surface area contributed by atoms with Crippen molar-refractivity contribution in [3.8, 4) is 0 Å². The lowest BCUT2D eigenvalue weighted by Gasteiger charge is -2.23. The average Bonchev–Trinajstić information content (AvgIpc) is 3.22. The number of carbonyl (C=O) groups is 2. The monoisotopic (exact) mass is 385 g/mol. The van der Waals surface area contributed by atoms with Gasteiger partial charge in [0.1, 0.15) is 0 Å². The fourth-order valence-electron chi connectivity index (χ4n) is 2.66. The summed E-state index contributed by atoms with van der Waals surface area (Å²) in [4.78, 5) is 30.7. The predicted molar refractivity (Wildman–Crippen MR) is 92.2 cm³/mol. The third kappa shape index (κ3) is 4.10. The lowest BCUT2D eigenvalue weighted by Crippen LogP contribution is -2.38. The summed E-state index contributed by atoms with van der Waals surface area (Å²) in [5, 5.41) is 1.91. The van der Waals surface area contributed by atoms with Crippen LogP contribution < -0.4 is 0 Å². The summed E-state index contributed by atoms with van der Waals surface area (Å²) in [5.74, 6) is 0.311. The Labute approximate surface area is 145 Å². The molecule has 3 heterocycles. The van der Waals surface area contributed by atoms with Gasteiger partial charge >= 0.3 is 0 Å². The fraction of sp³-hybridized carbons (Fsp3) is 0.467. The summed E-state index contributed by atoms with van der Waals surface area (Å²) in [5.41, 5.74) is 0. The Hall–Kier alpha value is -1.34. The molecule has 0 saturated carbocycles. The van der Waals surface area contributed by atoms with Crippen LogP contribution in [0, 0.1) is 0 Å². The Morgan fingerprint density at radius 3 is 2.41 bits per heavy atom. The van der Waals surface area contributed by atoms with Crippen molar-refractivity contribution in [2.45, 2.75) is 12.8 Å². The van der Waals surface area contributed by atoms with E-state index in [4.69, 9.17) is 0 Å². The SMILES string of the molecule is Br.O=C(CN1C=CN(CC(=O)N2CCCC2)C1)c1cccs1. The van der Waals surface area contributed by atoms with Crippen molar-refractivity contribution >= 4 is 40.0 Å². The quantitative estimate of drug-likeness (QED) is 0.728. The molecule has 1 amide bonds. The zero-order valence-corrected chi connectivity index (χ0v) is 14.8. The van der Waals surface area contributed by atoms with E-state index in [1.54, 1.807) is 0 Å². The highest BCUT2D eigenvalue weighted by Gasteiger charge is 2.22. The van der Waals surface area contributed by atoms with Crippen LogP contribution in [0.15, 0.2) is 29.9 Å². The molecule has 0 aromatic carbocycles. The van der Waals surface area contributed by atoms with E-state index in [1.807, 2.05) is 44.6 Å². The number of hydrogen-bond acceptors (Lipinski definition) is 5. The maximum Gasteiger partial charge on any atom is 0.242 e. The number of rotatable bonds is 5. The van der Waals surface area contributed by atoms with Crippen LogP contribution in [0.2, 0.25) is 0 Å². The van der Waals surface area contributed by atoms with Gasteiger partial charge in [0.25, 0.3) is 0 Å². The molecule has 0 bridgehead atoms.